The predicted molar refractivity (Wildman–Crippen MR) is 101 cm³/mol. The van der Waals surface area contributed by atoms with E-state index >= 15 is 0 Å². The van der Waals surface area contributed by atoms with Crippen LogP contribution in [0.1, 0.15) is 5.56 Å². The molecule has 2 heterocycles. The van der Waals surface area contributed by atoms with Gasteiger partial charge in [0.05, 0.1) is 16.8 Å². The molecular formula is C19H12F4N4O2S. The number of nitrogens with zero attached hydrogens (tertiary/aromatic N) is 3. The molecule has 0 amide bonds. The second-order valence-corrected chi connectivity index (χ2v) is 7.83. The molecule has 2 aromatic heterocycles. The Morgan fingerprint density at radius 2 is 1.70 bits per heavy atom. The molecular weight excluding hydrogens is 424 g/mol. The first-order valence-corrected chi connectivity index (χ1v) is 9.91. The largest absolute Gasteiger partial charge is 0.416 e. The Bertz CT molecular complexity index is 1330. The van der Waals surface area contributed by atoms with Gasteiger partial charge in [0.15, 0.2) is 0 Å². The van der Waals surface area contributed by atoms with Gasteiger partial charge in [0.1, 0.15) is 5.82 Å². The van der Waals surface area contributed by atoms with Gasteiger partial charge in [-0.1, -0.05) is 6.07 Å². The minimum Gasteiger partial charge on any atom is -0.289 e. The van der Waals surface area contributed by atoms with Crippen molar-refractivity contribution in [2.75, 3.05) is 4.72 Å². The number of hydrogen-bond acceptors (Lipinski definition) is 4. The summed E-state index contributed by atoms with van der Waals surface area (Å²) in [4.78, 5) is 7.88. The monoisotopic (exact) mass is 436 g/mol. The third kappa shape index (κ3) is 3.71. The van der Waals surface area contributed by atoms with Gasteiger partial charge >= 0.3 is 6.18 Å². The number of fused-ring (bicyclic) bond motifs is 1. The van der Waals surface area contributed by atoms with Gasteiger partial charge in [-0.05, 0) is 36.4 Å². The number of anilines is 1. The van der Waals surface area contributed by atoms with Crippen molar-refractivity contribution < 1.29 is 26.0 Å². The van der Waals surface area contributed by atoms with Crippen molar-refractivity contribution in [2.45, 2.75) is 11.3 Å². The summed E-state index contributed by atoms with van der Waals surface area (Å²) in [6.45, 7) is 0. The highest BCUT2D eigenvalue weighted by Gasteiger charge is 2.30. The predicted octanol–water partition coefficient (Wildman–Crippen LogP) is 4.38. The Balaban J connectivity index is 1.73. The van der Waals surface area contributed by atoms with Crippen LogP contribution in [0.25, 0.3) is 16.6 Å². The van der Waals surface area contributed by atoms with E-state index in [1.54, 1.807) is 12.1 Å². The van der Waals surface area contributed by atoms with E-state index in [4.69, 9.17) is 0 Å². The van der Waals surface area contributed by atoms with Gasteiger partial charge < -0.3 is 0 Å². The number of alkyl halides is 3. The van der Waals surface area contributed by atoms with Gasteiger partial charge in [0.2, 0.25) is 0 Å². The first-order chi connectivity index (χ1) is 14.1. The lowest BCUT2D eigenvalue weighted by Crippen LogP contribution is -2.18. The van der Waals surface area contributed by atoms with Gasteiger partial charge in [0, 0.05) is 35.7 Å². The van der Waals surface area contributed by atoms with E-state index in [0.29, 0.717) is 5.39 Å². The number of rotatable bonds is 4. The average molecular weight is 436 g/mol. The molecule has 0 aliphatic rings. The van der Waals surface area contributed by atoms with Crippen molar-refractivity contribution in [3.8, 4) is 5.69 Å². The molecule has 0 atom stereocenters. The average Bonchev–Trinajstić information content (AvgIpc) is 3.18. The van der Waals surface area contributed by atoms with Crippen LogP contribution in [0.5, 0.6) is 0 Å². The molecule has 0 saturated carbocycles. The zero-order chi connectivity index (χ0) is 21.5. The smallest absolute Gasteiger partial charge is 0.289 e. The summed E-state index contributed by atoms with van der Waals surface area (Å²) in [5.74, 6) is -0.667. The number of sulfonamides is 1. The number of halogens is 4. The van der Waals surface area contributed by atoms with Gasteiger partial charge in [0.25, 0.3) is 15.2 Å². The molecule has 0 bridgehead atoms. The second kappa shape index (κ2) is 7.10. The minimum atomic E-state index is -4.52. The fourth-order valence-corrected chi connectivity index (χ4v) is 4.08. The van der Waals surface area contributed by atoms with Crippen LogP contribution in [0.15, 0.2) is 72.3 Å². The van der Waals surface area contributed by atoms with Crippen molar-refractivity contribution in [3.63, 3.8) is 0 Å². The van der Waals surface area contributed by atoms with E-state index < -0.39 is 32.7 Å². The molecule has 0 aliphatic carbocycles. The molecule has 154 valence electrons. The zero-order valence-corrected chi connectivity index (χ0v) is 15.7. The number of aromatic nitrogens is 3. The van der Waals surface area contributed by atoms with Crippen LogP contribution in [0.4, 0.5) is 23.2 Å². The van der Waals surface area contributed by atoms with Gasteiger partial charge in [-0.15, -0.1) is 0 Å². The van der Waals surface area contributed by atoms with E-state index in [1.165, 1.54) is 24.7 Å². The SMILES string of the molecule is O=S(=O)(Nc1cc(F)cc2cccnc12)c1nccn1-c1ccc(C(F)(F)F)cc1. The van der Waals surface area contributed by atoms with E-state index in [9.17, 15) is 26.0 Å². The fraction of sp³-hybridized carbons (Fsp3) is 0.0526. The Labute approximate surface area is 167 Å². The van der Waals surface area contributed by atoms with Gasteiger partial charge in [-0.25, -0.2) is 9.37 Å². The number of hydrogen-bond donors (Lipinski definition) is 1. The van der Waals surface area contributed by atoms with Crippen molar-refractivity contribution in [2.24, 2.45) is 0 Å². The number of imidazole rings is 1. The molecule has 6 nitrogen and oxygen atoms in total. The van der Waals surface area contributed by atoms with E-state index in [2.05, 4.69) is 14.7 Å². The standard InChI is InChI=1S/C19H12F4N4O2S/c20-14-10-12-2-1-7-24-17(12)16(11-14)26-30(28,29)18-25-8-9-27(18)15-5-3-13(4-6-15)19(21,22)23/h1-11,26H. The highest BCUT2D eigenvalue weighted by atomic mass is 32.2. The number of nitrogens with one attached hydrogen (secondary N) is 1. The maximum atomic E-state index is 13.9. The molecule has 0 aliphatic heterocycles. The van der Waals surface area contributed by atoms with Crippen molar-refractivity contribution in [3.05, 3.63) is 78.5 Å². The van der Waals surface area contributed by atoms with Crippen LogP contribution in [0, 0.1) is 5.82 Å². The Morgan fingerprint density at radius 1 is 0.967 bits per heavy atom. The van der Waals surface area contributed by atoms with Crippen LogP contribution in [-0.2, 0) is 16.2 Å². The normalized spacial score (nSPS) is 12.3. The summed E-state index contributed by atoms with van der Waals surface area (Å²) in [6, 6.07) is 9.28. The molecule has 2 aromatic carbocycles. The summed E-state index contributed by atoms with van der Waals surface area (Å²) < 4.78 is 81.4. The molecule has 0 fully saturated rings. The van der Waals surface area contributed by atoms with Crippen molar-refractivity contribution in [1.29, 1.82) is 0 Å². The highest BCUT2D eigenvalue weighted by Crippen LogP contribution is 2.30. The zero-order valence-electron chi connectivity index (χ0n) is 14.9. The van der Waals surface area contributed by atoms with Crippen LogP contribution in [0.3, 0.4) is 0 Å². The lowest BCUT2D eigenvalue weighted by atomic mass is 10.2. The first kappa shape index (κ1) is 19.8. The summed E-state index contributed by atoms with van der Waals surface area (Å²) >= 11 is 0. The summed E-state index contributed by atoms with van der Waals surface area (Å²) in [5, 5.41) is -0.0862. The lowest BCUT2D eigenvalue weighted by Gasteiger charge is -2.13. The molecule has 0 spiro atoms. The molecule has 4 rings (SSSR count). The maximum absolute atomic E-state index is 13.9. The Hall–Kier alpha value is -3.47. The van der Waals surface area contributed by atoms with E-state index in [1.807, 2.05) is 0 Å². The minimum absolute atomic E-state index is 0.0902. The second-order valence-electron chi connectivity index (χ2n) is 6.26. The lowest BCUT2D eigenvalue weighted by molar-refractivity contribution is -0.137. The van der Waals surface area contributed by atoms with Crippen molar-refractivity contribution >= 4 is 26.6 Å². The summed E-state index contributed by atoms with van der Waals surface area (Å²) in [5.41, 5.74) is -0.572. The van der Waals surface area contributed by atoms with Crippen molar-refractivity contribution in [1.82, 2.24) is 14.5 Å². The van der Waals surface area contributed by atoms with Crippen LogP contribution < -0.4 is 4.72 Å². The molecule has 4 aromatic rings. The molecule has 0 saturated heterocycles. The third-order valence-corrected chi connectivity index (χ3v) is 5.51. The molecule has 11 heteroatoms. The van der Waals surface area contributed by atoms with Crippen LogP contribution >= 0.6 is 0 Å². The molecule has 30 heavy (non-hydrogen) atoms. The topological polar surface area (TPSA) is 76.9 Å². The van der Waals surface area contributed by atoms with Crippen LogP contribution in [0.2, 0.25) is 0 Å². The highest BCUT2D eigenvalue weighted by molar-refractivity contribution is 7.92. The quantitative estimate of drug-likeness (QED) is 0.482. The molecule has 0 unspecified atom stereocenters. The number of pyridine rings is 1. The fourth-order valence-electron chi connectivity index (χ4n) is 2.92. The first-order valence-electron chi connectivity index (χ1n) is 8.43. The van der Waals surface area contributed by atoms with E-state index in [0.717, 1.165) is 34.9 Å². The third-order valence-electron chi connectivity index (χ3n) is 4.23. The number of benzene rings is 2. The maximum Gasteiger partial charge on any atom is 0.416 e. The summed E-state index contributed by atoms with van der Waals surface area (Å²) in [6.07, 6.45) is -0.607. The Morgan fingerprint density at radius 3 is 2.40 bits per heavy atom. The van der Waals surface area contributed by atoms with Gasteiger partial charge in [-0.2, -0.15) is 21.6 Å². The van der Waals surface area contributed by atoms with Gasteiger partial charge in [-0.3, -0.25) is 14.3 Å². The molecule has 0 radical (unpaired) electrons. The summed E-state index contributed by atoms with van der Waals surface area (Å²) in [7, 11) is -4.32. The van der Waals surface area contributed by atoms with E-state index in [-0.39, 0.29) is 16.9 Å². The molecule has 1 N–H and O–H groups in total. The van der Waals surface area contributed by atoms with Crippen LogP contribution in [-0.4, -0.2) is 23.0 Å². The Kier molecular flexibility index (Phi) is 4.69.